The molecule has 1 heterocycles. The first kappa shape index (κ1) is 16.9. The highest BCUT2D eigenvalue weighted by Crippen LogP contribution is 2.13. The van der Waals surface area contributed by atoms with Crippen LogP contribution in [-0.2, 0) is 6.42 Å². The SMILES string of the molecule is Cc1ccc(C(=O)CCN2CCNCC2Cc2ccccc2)cc1. The number of ketones is 1. The Balaban J connectivity index is 1.57. The van der Waals surface area contributed by atoms with Crippen molar-refractivity contribution < 1.29 is 4.79 Å². The van der Waals surface area contributed by atoms with E-state index in [9.17, 15) is 4.79 Å². The number of aryl methyl sites for hydroxylation is 1. The number of hydrogen-bond donors (Lipinski definition) is 1. The van der Waals surface area contributed by atoms with Crippen LogP contribution >= 0.6 is 0 Å². The summed E-state index contributed by atoms with van der Waals surface area (Å²) in [5.41, 5.74) is 3.38. The van der Waals surface area contributed by atoms with Gasteiger partial charge < -0.3 is 5.32 Å². The van der Waals surface area contributed by atoms with Crippen molar-refractivity contribution in [3.05, 3.63) is 71.3 Å². The third-order valence-electron chi connectivity index (χ3n) is 4.79. The Bertz CT molecular complexity index is 651. The van der Waals surface area contributed by atoms with Crippen molar-refractivity contribution in [3.8, 4) is 0 Å². The monoisotopic (exact) mass is 322 g/mol. The number of Topliss-reactive ketones (excluding diaryl/α,β-unsaturated/α-hetero) is 1. The van der Waals surface area contributed by atoms with Gasteiger partial charge in [0, 0.05) is 44.2 Å². The number of nitrogens with one attached hydrogen (secondary N) is 1. The highest BCUT2D eigenvalue weighted by molar-refractivity contribution is 5.96. The van der Waals surface area contributed by atoms with E-state index in [0.29, 0.717) is 12.5 Å². The van der Waals surface area contributed by atoms with Gasteiger partial charge in [-0.15, -0.1) is 0 Å². The standard InChI is InChI=1S/C21H26N2O/c1-17-7-9-19(10-8-17)21(24)11-13-23-14-12-22-16-20(23)15-18-5-3-2-4-6-18/h2-10,20,22H,11-16H2,1H3. The third kappa shape index (κ3) is 4.53. The first-order valence-corrected chi connectivity index (χ1v) is 8.81. The lowest BCUT2D eigenvalue weighted by Crippen LogP contribution is -2.52. The summed E-state index contributed by atoms with van der Waals surface area (Å²) in [6, 6.07) is 19.0. The van der Waals surface area contributed by atoms with Gasteiger partial charge in [-0.05, 0) is 18.9 Å². The van der Waals surface area contributed by atoms with Gasteiger partial charge in [0.15, 0.2) is 5.78 Å². The minimum absolute atomic E-state index is 0.243. The van der Waals surface area contributed by atoms with Gasteiger partial charge in [0.2, 0.25) is 0 Å². The molecule has 3 rings (SSSR count). The molecular formula is C21H26N2O. The van der Waals surface area contributed by atoms with Crippen molar-refractivity contribution in [3.63, 3.8) is 0 Å². The van der Waals surface area contributed by atoms with E-state index >= 15 is 0 Å². The molecule has 0 spiro atoms. The van der Waals surface area contributed by atoms with Crippen molar-refractivity contribution in [1.29, 1.82) is 0 Å². The first-order valence-electron chi connectivity index (χ1n) is 8.81. The van der Waals surface area contributed by atoms with Gasteiger partial charge in [0.1, 0.15) is 0 Å². The average Bonchev–Trinajstić information content (AvgIpc) is 2.62. The fraction of sp³-hybridized carbons (Fsp3) is 0.381. The summed E-state index contributed by atoms with van der Waals surface area (Å²) in [7, 11) is 0. The molecule has 1 unspecified atom stereocenters. The molecule has 2 aromatic carbocycles. The Hall–Kier alpha value is -1.97. The fourth-order valence-corrected chi connectivity index (χ4v) is 3.31. The Morgan fingerprint density at radius 2 is 1.88 bits per heavy atom. The Labute approximate surface area is 144 Å². The van der Waals surface area contributed by atoms with Crippen molar-refractivity contribution in [2.24, 2.45) is 0 Å². The molecule has 1 N–H and O–H groups in total. The summed E-state index contributed by atoms with van der Waals surface area (Å²) in [6.07, 6.45) is 1.63. The smallest absolute Gasteiger partial charge is 0.164 e. The van der Waals surface area contributed by atoms with Crippen LogP contribution in [0.25, 0.3) is 0 Å². The van der Waals surface area contributed by atoms with Gasteiger partial charge in [0.25, 0.3) is 0 Å². The van der Waals surface area contributed by atoms with E-state index in [-0.39, 0.29) is 5.78 Å². The largest absolute Gasteiger partial charge is 0.314 e. The van der Waals surface area contributed by atoms with Crippen molar-refractivity contribution >= 4 is 5.78 Å². The summed E-state index contributed by atoms with van der Waals surface area (Å²) in [5, 5.41) is 3.48. The lowest BCUT2D eigenvalue weighted by atomic mass is 10.0. The van der Waals surface area contributed by atoms with Crippen LogP contribution in [-0.4, -0.2) is 42.9 Å². The van der Waals surface area contributed by atoms with E-state index in [4.69, 9.17) is 0 Å². The van der Waals surface area contributed by atoms with E-state index < -0.39 is 0 Å². The Kier molecular flexibility index (Phi) is 5.78. The van der Waals surface area contributed by atoms with Crippen LogP contribution in [0, 0.1) is 6.92 Å². The van der Waals surface area contributed by atoms with Gasteiger partial charge >= 0.3 is 0 Å². The molecule has 1 aliphatic heterocycles. The van der Waals surface area contributed by atoms with Crippen LogP contribution in [0.3, 0.4) is 0 Å². The molecule has 24 heavy (non-hydrogen) atoms. The highest BCUT2D eigenvalue weighted by Gasteiger charge is 2.22. The molecule has 1 atom stereocenters. The number of nitrogens with zero attached hydrogens (tertiary/aromatic N) is 1. The molecule has 0 radical (unpaired) electrons. The number of piperazine rings is 1. The normalized spacial score (nSPS) is 18.5. The minimum atomic E-state index is 0.243. The van der Waals surface area contributed by atoms with Crippen LogP contribution in [0.2, 0.25) is 0 Å². The molecule has 2 aromatic rings. The number of rotatable bonds is 6. The van der Waals surface area contributed by atoms with E-state index in [1.54, 1.807) is 0 Å². The zero-order valence-electron chi connectivity index (χ0n) is 14.4. The van der Waals surface area contributed by atoms with Crippen LogP contribution in [0.15, 0.2) is 54.6 Å². The highest BCUT2D eigenvalue weighted by atomic mass is 16.1. The minimum Gasteiger partial charge on any atom is -0.314 e. The predicted molar refractivity (Wildman–Crippen MR) is 98.5 cm³/mol. The summed E-state index contributed by atoms with van der Waals surface area (Å²) in [6.45, 7) is 5.89. The molecule has 0 aliphatic carbocycles. The van der Waals surface area contributed by atoms with Crippen molar-refractivity contribution in [1.82, 2.24) is 10.2 Å². The van der Waals surface area contributed by atoms with Gasteiger partial charge in [-0.3, -0.25) is 9.69 Å². The van der Waals surface area contributed by atoms with Gasteiger partial charge in [0.05, 0.1) is 0 Å². The summed E-state index contributed by atoms with van der Waals surface area (Å²) < 4.78 is 0. The molecular weight excluding hydrogens is 296 g/mol. The molecule has 1 fully saturated rings. The summed E-state index contributed by atoms with van der Waals surface area (Å²) in [4.78, 5) is 14.9. The lowest BCUT2D eigenvalue weighted by molar-refractivity contribution is 0.0935. The second-order valence-corrected chi connectivity index (χ2v) is 6.62. The Morgan fingerprint density at radius 3 is 2.62 bits per heavy atom. The summed E-state index contributed by atoms with van der Waals surface area (Å²) in [5.74, 6) is 0.243. The molecule has 0 saturated carbocycles. The second kappa shape index (κ2) is 8.22. The Morgan fingerprint density at radius 1 is 1.12 bits per heavy atom. The topological polar surface area (TPSA) is 32.3 Å². The molecule has 0 amide bonds. The molecule has 1 aliphatic rings. The number of hydrogen-bond acceptors (Lipinski definition) is 3. The molecule has 126 valence electrons. The molecule has 3 nitrogen and oxygen atoms in total. The van der Waals surface area contributed by atoms with E-state index in [1.807, 2.05) is 31.2 Å². The quantitative estimate of drug-likeness (QED) is 0.830. The van der Waals surface area contributed by atoms with E-state index in [1.165, 1.54) is 11.1 Å². The molecule has 3 heteroatoms. The maximum atomic E-state index is 12.4. The van der Waals surface area contributed by atoms with Crippen LogP contribution in [0.4, 0.5) is 0 Å². The maximum Gasteiger partial charge on any atom is 0.164 e. The number of benzene rings is 2. The van der Waals surface area contributed by atoms with Gasteiger partial charge in [-0.25, -0.2) is 0 Å². The van der Waals surface area contributed by atoms with E-state index in [2.05, 4.69) is 40.5 Å². The van der Waals surface area contributed by atoms with Gasteiger partial charge in [-0.2, -0.15) is 0 Å². The molecule has 0 bridgehead atoms. The van der Waals surface area contributed by atoms with Crippen LogP contribution in [0.1, 0.15) is 27.9 Å². The third-order valence-corrected chi connectivity index (χ3v) is 4.79. The lowest BCUT2D eigenvalue weighted by Gasteiger charge is -2.36. The molecule has 0 aromatic heterocycles. The van der Waals surface area contributed by atoms with Crippen molar-refractivity contribution in [2.75, 3.05) is 26.2 Å². The average molecular weight is 322 g/mol. The van der Waals surface area contributed by atoms with Crippen LogP contribution in [0.5, 0.6) is 0 Å². The zero-order valence-corrected chi connectivity index (χ0v) is 14.4. The first-order chi connectivity index (χ1) is 11.7. The molecule has 1 saturated heterocycles. The zero-order chi connectivity index (χ0) is 16.8. The fourth-order valence-electron chi connectivity index (χ4n) is 3.31. The van der Waals surface area contributed by atoms with E-state index in [0.717, 1.165) is 38.2 Å². The van der Waals surface area contributed by atoms with Crippen molar-refractivity contribution in [2.45, 2.75) is 25.8 Å². The number of carbonyl (C=O) groups is 1. The van der Waals surface area contributed by atoms with Gasteiger partial charge in [-0.1, -0.05) is 60.2 Å². The maximum absolute atomic E-state index is 12.4. The summed E-state index contributed by atoms with van der Waals surface area (Å²) >= 11 is 0. The van der Waals surface area contributed by atoms with Crippen LogP contribution < -0.4 is 5.32 Å². The second-order valence-electron chi connectivity index (χ2n) is 6.62. The number of carbonyl (C=O) groups excluding carboxylic acids is 1. The predicted octanol–water partition coefficient (Wildman–Crippen LogP) is 3.08.